The highest BCUT2D eigenvalue weighted by molar-refractivity contribution is 7.80. The normalized spacial score (nSPS) is 12.0. The van der Waals surface area contributed by atoms with Gasteiger partial charge in [0.15, 0.2) is 0 Å². The van der Waals surface area contributed by atoms with Crippen molar-refractivity contribution < 1.29 is 36.6 Å². The molecule has 0 bridgehead atoms. The van der Waals surface area contributed by atoms with Crippen molar-refractivity contribution in [2.45, 2.75) is 13.1 Å². The highest BCUT2D eigenvalue weighted by Gasteiger charge is 2.30. The van der Waals surface area contributed by atoms with Crippen molar-refractivity contribution in [2.24, 2.45) is 0 Å². The summed E-state index contributed by atoms with van der Waals surface area (Å²) >= 11 is -2.77. The molecule has 0 aliphatic rings. The summed E-state index contributed by atoms with van der Waals surface area (Å²) in [6.45, 7) is 1.14. The van der Waals surface area contributed by atoms with Gasteiger partial charge in [0.2, 0.25) is 5.91 Å². The first-order chi connectivity index (χ1) is 17.0. The molecule has 3 N–H and O–H groups in total. The van der Waals surface area contributed by atoms with Crippen LogP contribution in [0.5, 0.6) is 5.75 Å². The monoisotopic (exact) mass is 520 g/mol. The number of nitrogens with one attached hydrogen (secondary N) is 2. The molecule has 1 unspecified atom stereocenters. The van der Waals surface area contributed by atoms with E-state index in [1.165, 1.54) is 49.4 Å². The number of benzene rings is 3. The fourth-order valence-corrected chi connectivity index (χ4v) is 3.83. The zero-order chi connectivity index (χ0) is 26.5. The van der Waals surface area contributed by atoms with Crippen molar-refractivity contribution in [3.05, 3.63) is 77.9 Å². The predicted octanol–water partition coefficient (Wildman–Crippen LogP) is 4.07. The molecule has 12 heteroatoms. The maximum absolute atomic E-state index is 12.8. The second-order valence-corrected chi connectivity index (χ2v) is 8.49. The molecule has 0 heterocycles. The van der Waals surface area contributed by atoms with Gasteiger partial charge in [-0.25, -0.2) is 0 Å². The Kier molecular flexibility index (Phi) is 8.33. The van der Waals surface area contributed by atoms with Gasteiger partial charge in [-0.05, 0) is 53.6 Å². The Morgan fingerprint density at radius 1 is 1.00 bits per heavy atom. The number of hydrogen-bond acceptors (Lipinski definition) is 5. The number of phenolic OH excluding ortho intramolecular Hbond substituents is 1. The average Bonchev–Trinajstić information content (AvgIpc) is 2.82. The van der Waals surface area contributed by atoms with Gasteiger partial charge < -0.3 is 20.3 Å². The zero-order valence-corrected chi connectivity index (χ0v) is 19.7. The number of amides is 2. The largest absolute Gasteiger partial charge is 0.755 e. The van der Waals surface area contributed by atoms with Gasteiger partial charge in [0.25, 0.3) is 5.91 Å². The van der Waals surface area contributed by atoms with E-state index >= 15 is 0 Å². The summed E-state index contributed by atoms with van der Waals surface area (Å²) in [6, 6.07) is 14.7. The van der Waals surface area contributed by atoms with Gasteiger partial charge in [-0.1, -0.05) is 24.3 Å². The van der Waals surface area contributed by atoms with E-state index in [1.807, 2.05) is 0 Å². The molecule has 0 spiro atoms. The Morgan fingerprint density at radius 2 is 1.58 bits per heavy atom. The highest BCUT2D eigenvalue weighted by atomic mass is 32.2. The molecule has 0 fully saturated rings. The molecule has 190 valence electrons. The van der Waals surface area contributed by atoms with Crippen LogP contribution in [0, 0.1) is 0 Å². The van der Waals surface area contributed by atoms with Gasteiger partial charge in [0, 0.05) is 42.5 Å². The number of nitrogens with zero attached hydrogens (tertiary/aromatic N) is 1. The Balaban J connectivity index is 1.74. The topological polar surface area (TPSA) is 122 Å². The van der Waals surface area contributed by atoms with E-state index < -0.39 is 28.9 Å². The fourth-order valence-electron chi connectivity index (χ4n) is 3.28. The predicted molar refractivity (Wildman–Crippen MR) is 128 cm³/mol. The number of anilines is 2. The molecule has 36 heavy (non-hydrogen) atoms. The van der Waals surface area contributed by atoms with Gasteiger partial charge in [-0.15, -0.1) is 0 Å². The van der Waals surface area contributed by atoms with Crippen LogP contribution in [0.4, 0.5) is 24.5 Å². The summed E-state index contributed by atoms with van der Waals surface area (Å²) in [4.78, 5) is 23.7. The summed E-state index contributed by atoms with van der Waals surface area (Å²) in [7, 11) is 0. The maximum Gasteiger partial charge on any atom is 0.416 e. The van der Waals surface area contributed by atoms with E-state index in [0.717, 1.165) is 16.4 Å². The lowest BCUT2D eigenvalue weighted by Gasteiger charge is -2.27. The maximum atomic E-state index is 12.8. The van der Waals surface area contributed by atoms with E-state index in [2.05, 4.69) is 10.6 Å². The Morgan fingerprint density at radius 3 is 2.11 bits per heavy atom. The quantitative estimate of drug-likeness (QED) is 0.305. The first-order valence-corrected chi connectivity index (χ1v) is 11.5. The molecule has 0 radical (unpaired) electrons. The molecular formula is C24H21F3N3O5S-. The lowest BCUT2D eigenvalue weighted by Crippen LogP contribution is -2.35. The number of phenols is 1. The van der Waals surface area contributed by atoms with Crippen molar-refractivity contribution in [2.75, 3.05) is 22.7 Å². The van der Waals surface area contributed by atoms with Gasteiger partial charge in [0.1, 0.15) is 5.75 Å². The van der Waals surface area contributed by atoms with Crippen LogP contribution in [0.2, 0.25) is 0 Å². The van der Waals surface area contributed by atoms with Gasteiger partial charge >= 0.3 is 6.18 Å². The molecular weight excluding hydrogens is 499 g/mol. The lowest BCUT2D eigenvalue weighted by atomic mass is 10.0. The van der Waals surface area contributed by atoms with Crippen LogP contribution in [0.25, 0.3) is 11.1 Å². The summed E-state index contributed by atoms with van der Waals surface area (Å²) in [5.74, 6) is -1.22. The van der Waals surface area contributed by atoms with Crippen molar-refractivity contribution in [3.63, 3.8) is 0 Å². The second-order valence-electron chi connectivity index (χ2n) is 7.61. The van der Waals surface area contributed by atoms with Crippen LogP contribution in [-0.4, -0.2) is 38.8 Å². The number of alkyl halides is 3. The minimum Gasteiger partial charge on any atom is -0.755 e. The smallest absolute Gasteiger partial charge is 0.416 e. The molecule has 3 aromatic rings. The third kappa shape index (κ3) is 6.83. The van der Waals surface area contributed by atoms with Gasteiger partial charge in [-0.2, -0.15) is 13.2 Å². The first kappa shape index (κ1) is 26.7. The van der Waals surface area contributed by atoms with Crippen LogP contribution < -0.4 is 14.9 Å². The van der Waals surface area contributed by atoms with E-state index in [9.17, 15) is 36.6 Å². The first-order valence-electron chi connectivity index (χ1n) is 10.5. The SMILES string of the molecule is CC(=O)NCCN(c1cc(NC(=O)c2ccc(-c3ccc(C(F)(F)F)cc3)cc2)ccc1O)S(=O)[O-]. The van der Waals surface area contributed by atoms with Crippen molar-refractivity contribution in [3.8, 4) is 16.9 Å². The van der Waals surface area contributed by atoms with E-state index in [0.29, 0.717) is 11.1 Å². The molecule has 0 saturated heterocycles. The van der Waals surface area contributed by atoms with E-state index in [-0.39, 0.29) is 41.7 Å². The van der Waals surface area contributed by atoms with E-state index in [4.69, 9.17) is 0 Å². The van der Waals surface area contributed by atoms with Crippen LogP contribution >= 0.6 is 0 Å². The molecule has 1 atom stereocenters. The minimum absolute atomic E-state index is 0.00458. The molecule has 0 aliphatic carbocycles. The molecule has 3 rings (SSSR count). The third-order valence-corrected chi connectivity index (χ3v) is 5.80. The molecule has 0 aromatic heterocycles. The zero-order valence-electron chi connectivity index (χ0n) is 18.8. The number of aromatic hydroxyl groups is 1. The Hall–Kier alpha value is -3.90. The molecule has 0 saturated carbocycles. The molecule has 8 nitrogen and oxygen atoms in total. The van der Waals surface area contributed by atoms with Crippen LogP contribution in [0.15, 0.2) is 66.7 Å². The summed E-state index contributed by atoms with van der Waals surface area (Å²) in [6.07, 6.45) is -4.43. The number of hydrogen-bond donors (Lipinski definition) is 3. The number of rotatable bonds is 8. The standard InChI is InChI=1S/C24H22F3N3O5S/c1-15(31)28-12-13-30(36(34)35)21-14-20(10-11-22(21)32)29-23(33)18-4-2-16(3-5-18)17-6-8-19(9-7-17)24(25,26)27/h2-11,14,32H,12-13H2,1H3,(H,28,31)(H,29,33)(H,34,35)/p-1. The minimum atomic E-state index is -4.43. The molecule has 0 aliphatic heterocycles. The van der Waals surface area contributed by atoms with Crippen LogP contribution in [0.1, 0.15) is 22.8 Å². The molecule has 3 aromatic carbocycles. The summed E-state index contributed by atoms with van der Waals surface area (Å²) in [5, 5.41) is 15.2. The second kappa shape index (κ2) is 11.2. The van der Waals surface area contributed by atoms with Crippen molar-refractivity contribution in [1.82, 2.24) is 5.32 Å². The fraction of sp³-hybridized carbons (Fsp3) is 0.167. The Labute approximate surface area is 207 Å². The van der Waals surface area contributed by atoms with Gasteiger partial charge in [0.05, 0.1) is 11.3 Å². The summed E-state index contributed by atoms with van der Waals surface area (Å²) < 4.78 is 62.4. The molecule has 2 amide bonds. The third-order valence-electron chi connectivity index (χ3n) is 5.06. The van der Waals surface area contributed by atoms with Crippen molar-refractivity contribution >= 4 is 34.5 Å². The Bertz CT molecular complexity index is 1270. The number of carbonyl (C=O) groups excluding carboxylic acids is 2. The van der Waals surface area contributed by atoms with Crippen molar-refractivity contribution in [1.29, 1.82) is 0 Å². The number of halogens is 3. The van der Waals surface area contributed by atoms with Crippen LogP contribution in [0.3, 0.4) is 0 Å². The number of carbonyl (C=O) groups is 2. The van der Waals surface area contributed by atoms with E-state index in [1.54, 1.807) is 12.1 Å². The van der Waals surface area contributed by atoms with Gasteiger partial charge in [-0.3, -0.25) is 18.1 Å². The highest BCUT2D eigenvalue weighted by Crippen LogP contribution is 2.32. The van der Waals surface area contributed by atoms with Crippen LogP contribution in [-0.2, 0) is 22.2 Å². The average molecular weight is 521 g/mol. The lowest BCUT2D eigenvalue weighted by molar-refractivity contribution is -0.137. The summed E-state index contributed by atoms with van der Waals surface area (Å²) in [5.41, 5.74) is 0.752.